The molecule has 0 radical (unpaired) electrons. The third-order valence-electron chi connectivity index (χ3n) is 4.55. The molecule has 0 N–H and O–H groups in total. The van der Waals surface area contributed by atoms with Gasteiger partial charge in [0, 0.05) is 10.6 Å². The molecule has 0 saturated heterocycles. The molecule has 122 valence electrons. The highest BCUT2D eigenvalue weighted by molar-refractivity contribution is 7.99. The van der Waals surface area contributed by atoms with Crippen molar-refractivity contribution in [2.24, 2.45) is 5.41 Å². The van der Waals surface area contributed by atoms with Gasteiger partial charge in [-0.25, -0.2) is 0 Å². The van der Waals surface area contributed by atoms with E-state index >= 15 is 0 Å². The maximum absolute atomic E-state index is 12.1. The minimum Gasteiger partial charge on any atom is -0.426 e. The van der Waals surface area contributed by atoms with Crippen LogP contribution in [0.2, 0.25) is 0 Å². The Labute approximate surface area is 146 Å². The average Bonchev–Trinajstić information content (AvgIpc) is 2.92. The highest BCUT2D eigenvalue weighted by atomic mass is 32.2. The number of allylic oxidation sites excluding steroid dienone is 1. The van der Waals surface area contributed by atoms with Crippen molar-refractivity contribution in [1.82, 2.24) is 0 Å². The summed E-state index contributed by atoms with van der Waals surface area (Å²) in [5.74, 6) is 1.43. The third kappa shape index (κ3) is 2.57. The van der Waals surface area contributed by atoms with E-state index in [0.717, 1.165) is 12.2 Å². The van der Waals surface area contributed by atoms with Crippen molar-refractivity contribution in [1.29, 1.82) is 0 Å². The Hall–Kier alpha value is -2.00. The van der Waals surface area contributed by atoms with Gasteiger partial charge in [-0.05, 0) is 73.2 Å². The van der Waals surface area contributed by atoms with Crippen molar-refractivity contribution in [2.45, 2.75) is 32.1 Å². The summed E-state index contributed by atoms with van der Waals surface area (Å²) in [4.78, 5) is 13.5. The van der Waals surface area contributed by atoms with E-state index in [4.69, 9.17) is 4.74 Å². The summed E-state index contributed by atoms with van der Waals surface area (Å²) in [5, 5.41) is 0. The second-order valence-corrected chi connectivity index (χ2v) is 8.39. The fourth-order valence-electron chi connectivity index (χ4n) is 3.19. The fourth-order valence-corrected chi connectivity index (χ4v) is 4.34. The summed E-state index contributed by atoms with van der Waals surface area (Å²) < 4.78 is 5.58. The van der Waals surface area contributed by atoms with Gasteiger partial charge >= 0.3 is 5.97 Å². The molecule has 1 heterocycles. The molecule has 0 aromatic heterocycles. The number of fused-ring (bicyclic) bond motifs is 4. The van der Waals surface area contributed by atoms with Crippen LogP contribution < -0.4 is 4.74 Å². The van der Waals surface area contributed by atoms with E-state index in [9.17, 15) is 4.79 Å². The lowest BCUT2D eigenvalue weighted by Gasteiger charge is -2.19. The number of carbonyl (C=O) groups is 1. The first-order chi connectivity index (χ1) is 11.4. The predicted molar refractivity (Wildman–Crippen MR) is 99.2 cm³/mol. The molecular formula is C21H20O2S. The molecule has 0 spiro atoms. The molecule has 0 saturated carbocycles. The zero-order valence-corrected chi connectivity index (χ0v) is 15.0. The first-order valence-electron chi connectivity index (χ1n) is 8.23. The fraction of sp³-hybridized carbons (Fsp3) is 0.286. The third-order valence-corrected chi connectivity index (χ3v) is 5.65. The number of rotatable bonds is 1. The molecule has 4 rings (SSSR count). The molecule has 1 aliphatic carbocycles. The molecule has 0 unspecified atom stereocenters. The molecule has 0 atom stereocenters. The van der Waals surface area contributed by atoms with Crippen molar-refractivity contribution in [3.63, 3.8) is 0 Å². The minimum absolute atomic E-state index is 0.196. The molecule has 2 aliphatic rings. The quantitative estimate of drug-likeness (QED) is 0.528. The molecule has 2 aromatic rings. The van der Waals surface area contributed by atoms with E-state index in [2.05, 4.69) is 30.3 Å². The molecule has 3 heteroatoms. The monoisotopic (exact) mass is 336 g/mol. The predicted octanol–water partition coefficient (Wildman–Crippen LogP) is 5.21. The number of hydrogen-bond acceptors (Lipinski definition) is 3. The minimum atomic E-state index is -0.497. The topological polar surface area (TPSA) is 26.3 Å². The smallest absolute Gasteiger partial charge is 0.316 e. The molecular weight excluding hydrogens is 316 g/mol. The second kappa shape index (κ2) is 5.52. The van der Waals surface area contributed by atoms with Crippen LogP contribution in [0.15, 0.2) is 47.4 Å². The van der Waals surface area contributed by atoms with E-state index in [0.29, 0.717) is 5.75 Å². The van der Waals surface area contributed by atoms with Gasteiger partial charge in [0.2, 0.25) is 0 Å². The van der Waals surface area contributed by atoms with Gasteiger partial charge in [-0.2, -0.15) is 0 Å². The van der Waals surface area contributed by atoms with Gasteiger partial charge in [-0.15, -0.1) is 11.8 Å². The van der Waals surface area contributed by atoms with Crippen LogP contribution in [0.4, 0.5) is 0 Å². The van der Waals surface area contributed by atoms with Crippen LogP contribution in [0.25, 0.3) is 11.1 Å². The normalized spacial score (nSPS) is 15.6. The Bertz CT molecular complexity index is 872. The molecule has 1 aliphatic heterocycles. The van der Waals surface area contributed by atoms with E-state index in [1.54, 1.807) is 0 Å². The summed E-state index contributed by atoms with van der Waals surface area (Å²) in [6.07, 6.45) is 0.968. The zero-order valence-electron chi connectivity index (χ0n) is 14.2. The number of carbonyl (C=O) groups excluding carboxylic acids is 1. The van der Waals surface area contributed by atoms with Gasteiger partial charge < -0.3 is 4.74 Å². The molecule has 0 amide bonds. The molecule has 0 bridgehead atoms. The Kier molecular flexibility index (Phi) is 3.57. The van der Waals surface area contributed by atoms with Crippen LogP contribution in [0.3, 0.4) is 0 Å². The lowest BCUT2D eigenvalue weighted by molar-refractivity contribution is -0.142. The van der Waals surface area contributed by atoms with Crippen LogP contribution in [-0.2, 0) is 11.2 Å². The van der Waals surface area contributed by atoms with Crippen molar-refractivity contribution in [3.05, 3.63) is 59.2 Å². The Morgan fingerprint density at radius 1 is 1.04 bits per heavy atom. The van der Waals surface area contributed by atoms with E-state index in [1.807, 2.05) is 44.7 Å². The molecule has 2 nitrogen and oxygen atoms in total. The summed E-state index contributed by atoms with van der Waals surface area (Å²) in [6, 6.07) is 14.7. The van der Waals surface area contributed by atoms with Gasteiger partial charge in [0.1, 0.15) is 5.75 Å². The van der Waals surface area contributed by atoms with E-state index in [1.165, 1.54) is 32.7 Å². The summed E-state index contributed by atoms with van der Waals surface area (Å²) >= 11 is 1.89. The van der Waals surface area contributed by atoms with Crippen molar-refractivity contribution in [2.75, 3.05) is 5.75 Å². The lowest BCUT2D eigenvalue weighted by atomic mass is 9.97. The number of benzene rings is 2. The number of thioether (sulfide) groups is 1. The molecule has 24 heavy (non-hydrogen) atoms. The van der Waals surface area contributed by atoms with Gasteiger partial charge in [0.05, 0.1) is 5.41 Å². The van der Waals surface area contributed by atoms with Gasteiger partial charge in [-0.1, -0.05) is 24.3 Å². The summed E-state index contributed by atoms with van der Waals surface area (Å²) in [7, 11) is 0. The van der Waals surface area contributed by atoms with Crippen LogP contribution in [0.1, 0.15) is 37.5 Å². The van der Waals surface area contributed by atoms with Gasteiger partial charge in [-0.3, -0.25) is 4.79 Å². The number of ether oxygens (including phenoxy) is 1. The van der Waals surface area contributed by atoms with Crippen molar-refractivity contribution < 1.29 is 9.53 Å². The van der Waals surface area contributed by atoms with Gasteiger partial charge in [0.25, 0.3) is 0 Å². The number of hydrogen-bond donors (Lipinski definition) is 0. The zero-order chi connectivity index (χ0) is 16.9. The van der Waals surface area contributed by atoms with Crippen molar-refractivity contribution in [3.8, 4) is 5.75 Å². The van der Waals surface area contributed by atoms with E-state index in [-0.39, 0.29) is 5.97 Å². The Balaban J connectivity index is 1.70. The Morgan fingerprint density at radius 2 is 1.83 bits per heavy atom. The maximum atomic E-state index is 12.1. The SMILES string of the molecule is CC(C)(C)C(=O)Oc1ccc2c(c1)C1=C(C2)c2ccccc2SC1. The first-order valence-corrected chi connectivity index (χ1v) is 9.22. The van der Waals surface area contributed by atoms with E-state index < -0.39 is 5.41 Å². The van der Waals surface area contributed by atoms with Gasteiger partial charge in [0.15, 0.2) is 0 Å². The molecule has 0 fully saturated rings. The maximum Gasteiger partial charge on any atom is 0.316 e. The highest BCUT2D eigenvalue weighted by Gasteiger charge is 2.29. The number of esters is 1. The highest BCUT2D eigenvalue weighted by Crippen LogP contribution is 2.48. The Morgan fingerprint density at radius 3 is 2.62 bits per heavy atom. The van der Waals surface area contributed by atoms with Crippen LogP contribution in [-0.4, -0.2) is 11.7 Å². The van der Waals surface area contributed by atoms with Crippen LogP contribution >= 0.6 is 11.8 Å². The largest absolute Gasteiger partial charge is 0.426 e. The second-order valence-electron chi connectivity index (χ2n) is 7.38. The lowest BCUT2D eigenvalue weighted by Crippen LogP contribution is -2.25. The summed E-state index contributed by atoms with van der Waals surface area (Å²) in [5.41, 5.74) is 6.25. The van der Waals surface area contributed by atoms with Crippen LogP contribution in [0, 0.1) is 5.41 Å². The molecule has 2 aromatic carbocycles. The van der Waals surface area contributed by atoms with Crippen LogP contribution in [0.5, 0.6) is 5.75 Å². The first kappa shape index (κ1) is 15.5. The standard InChI is InChI=1S/C21H20O2S/c1-21(2,3)20(22)23-14-9-8-13-10-17-15-6-4-5-7-19(15)24-12-18(17)16(13)11-14/h4-9,11H,10,12H2,1-3H3. The average molecular weight is 336 g/mol. The summed E-state index contributed by atoms with van der Waals surface area (Å²) in [6.45, 7) is 5.62. The van der Waals surface area contributed by atoms with Crippen molar-refractivity contribution >= 4 is 28.9 Å².